The van der Waals surface area contributed by atoms with Crippen LogP contribution in [0.1, 0.15) is 37.8 Å². The molecular weight excluding hydrogens is 424 g/mol. The summed E-state index contributed by atoms with van der Waals surface area (Å²) in [6.45, 7) is 1.75. The lowest BCUT2D eigenvalue weighted by Crippen LogP contribution is -2.65. The Labute approximate surface area is 190 Å². The molecule has 0 atom stereocenters. The van der Waals surface area contributed by atoms with Crippen LogP contribution in [0.5, 0.6) is 0 Å². The van der Waals surface area contributed by atoms with Gasteiger partial charge in [-0.3, -0.25) is 14.9 Å². The predicted molar refractivity (Wildman–Crippen MR) is 119 cm³/mol. The molecule has 2 heterocycles. The predicted octanol–water partition coefficient (Wildman–Crippen LogP) is 2.50. The smallest absolute Gasteiger partial charge is 0.369 e. The number of rotatable bonds is 3. The molecule has 1 aliphatic heterocycles. The van der Waals surface area contributed by atoms with Crippen molar-refractivity contribution in [3.05, 3.63) is 46.4 Å². The van der Waals surface area contributed by atoms with Crippen molar-refractivity contribution in [3.63, 3.8) is 0 Å². The van der Waals surface area contributed by atoms with Crippen molar-refractivity contribution < 1.29 is 19.1 Å². The molecule has 4 aliphatic carbocycles. The minimum Gasteiger partial charge on any atom is -0.417 e. The molecule has 4 bridgehead atoms. The average molecular weight is 450 g/mol. The second-order valence-corrected chi connectivity index (χ2v) is 9.81. The zero-order valence-electron chi connectivity index (χ0n) is 18.6. The summed E-state index contributed by atoms with van der Waals surface area (Å²) in [6, 6.07) is 9.18. The number of aromatic nitrogens is 2. The second-order valence-electron chi connectivity index (χ2n) is 9.81. The van der Waals surface area contributed by atoms with E-state index >= 15 is 0 Å². The van der Waals surface area contributed by atoms with Gasteiger partial charge < -0.3 is 9.47 Å². The van der Waals surface area contributed by atoms with E-state index in [1.807, 2.05) is 30.3 Å². The van der Waals surface area contributed by atoms with E-state index < -0.39 is 23.4 Å². The Morgan fingerprint density at radius 1 is 0.939 bits per heavy atom. The van der Waals surface area contributed by atoms with Crippen LogP contribution in [0.15, 0.2) is 40.2 Å². The number of carbonyl (C=O) groups excluding carboxylic acids is 2. The van der Waals surface area contributed by atoms with Gasteiger partial charge in [-0.25, -0.2) is 14.3 Å². The van der Waals surface area contributed by atoms with Gasteiger partial charge in [0.15, 0.2) is 0 Å². The number of hydrogen-bond acceptors (Lipinski definition) is 7. The van der Waals surface area contributed by atoms with E-state index in [-0.39, 0.29) is 23.1 Å². The van der Waals surface area contributed by atoms with Gasteiger partial charge in [0.25, 0.3) is 17.1 Å². The normalized spacial score (nSPS) is 32.1. The van der Waals surface area contributed by atoms with Crippen molar-refractivity contribution in [1.82, 2.24) is 9.36 Å². The highest BCUT2D eigenvalue weighted by atomic mass is 16.7. The summed E-state index contributed by atoms with van der Waals surface area (Å²) in [6.07, 6.45) is 4.96. The first kappa shape index (κ1) is 20.3. The fraction of sp³-hybridized carbons (Fsp3) is 0.500. The lowest BCUT2D eigenvalue weighted by molar-refractivity contribution is -0.308. The number of hydrazone groups is 1. The third kappa shape index (κ3) is 2.91. The Morgan fingerprint density at radius 3 is 2.09 bits per heavy atom. The molecule has 9 nitrogen and oxygen atoms in total. The number of nitrogens with zero attached hydrogens (tertiary/aromatic N) is 3. The number of nitrogens with one attached hydrogen (secondary N) is 1. The second kappa shape index (κ2) is 7.07. The summed E-state index contributed by atoms with van der Waals surface area (Å²) in [4.78, 5) is 38.8. The summed E-state index contributed by atoms with van der Waals surface area (Å²) in [5.74, 6) is -1.33. The summed E-state index contributed by atoms with van der Waals surface area (Å²) in [5, 5.41) is 3.97. The molecule has 0 radical (unpaired) electrons. The molecule has 9 heteroatoms. The van der Waals surface area contributed by atoms with Crippen LogP contribution in [0.2, 0.25) is 0 Å². The quantitative estimate of drug-likeness (QED) is 0.569. The summed E-state index contributed by atoms with van der Waals surface area (Å²) in [7, 11) is 1.75. The molecule has 1 spiro atoms. The maximum atomic E-state index is 13.0. The highest BCUT2D eigenvalue weighted by Gasteiger charge is 2.64. The number of ether oxygens (including phenoxy) is 2. The Morgan fingerprint density at radius 2 is 1.52 bits per heavy atom. The Bertz CT molecular complexity index is 1190. The number of para-hydroxylation sites is 1. The fourth-order valence-corrected chi connectivity index (χ4v) is 6.57. The zero-order valence-corrected chi connectivity index (χ0v) is 18.6. The van der Waals surface area contributed by atoms with E-state index in [0.717, 1.165) is 25.7 Å². The standard InChI is InChI=1S/C24H26N4O5/c1-13-19(21(29)28(27(13)2)18-6-4-3-5-7-18)25-26-20-22(30)32-24(33-23(20)31)16-9-14-8-15(11-16)12-17(24)10-14/h3-7,14-17,25H,8-12H2,1-2H3. The van der Waals surface area contributed by atoms with Crippen molar-refractivity contribution >= 4 is 23.3 Å². The summed E-state index contributed by atoms with van der Waals surface area (Å²) >= 11 is 0. The molecule has 7 rings (SSSR count). The molecule has 5 aliphatic rings. The minimum absolute atomic E-state index is 0.0607. The number of esters is 2. The minimum atomic E-state index is -1.15. The largest absolute Gasteiger partial charge is 0.417 e. The van der Waals surface area contributed by atoms with Crippen LogP contribution in [0.4, 0.5) is 5.69 Å². The lowest BCUT2D eigenvalue weighted by Gasteiger charge is -2.59. The lowest BCUT2D eigenvalue weighted by atomic mass is 9.53. The number of anilines is 1. The van der Waals surface area contributed by atoms with Gasteiger partial charge in [0.2, 0.25) is 0 Å². The van der Waals surface area contributed by atoms with Gasteiger partial charge in [-0.2, -0.15) is 5.10 Å². The number of hydrogen-bond donors (Lipinski definition) is 1. The van der Waals surface area contributed by atoms with Gasteiger partial charge in [0, 0.05) is 18.9 Å². The fourth-order valence-electron chi connectivity index (χ4n) is 6.57. The Balaban J connectivity index is 1.27. The van der Waals surface area contributed by atoms with Crippen LogP contribution >= 0.6 is 0 Å². The molecule has 5 fully saturated rings. The Hall–Kier alpha value is -3.36. The van der Waals surface area contributed by atoms with Gasteiger partial charge >= 0.3 is 11.9 Å². The van der Waals surface area contributed by atoms with E-state index in [2.05, 4.69) is 10.5 Å². The van der Waals surface area contributed by atoms with Crippen LogP contribution in [0.3, 0.4) is 0 Å². The van der Waals surface area contributed by atoms with Crippen molar-refractivity contribution in [3.8, 4) is 5.69 Å². The first-order valence-corrected chi connectivity index (χ1v) is 11.5. The SMILES string of the molecule is Cc1c(NN=C2C(=O)OC3(OC2=O)C2CC4CC(C2)CC3C4)c(=O)n(-c2ccccc2)n1C. The molecule has 1 saturated heterocycles. The van der Waals surface area contributed by atoms with E-state index in [4.69, 9.17) is 9.47 Å². The summed E-state index contributed by atoms with van der Waals surface area (Å²) in [5.41, 5.74) is 3.27. The molecule has 0 amide bonds. The molecule has 1 N–H and O–H groups in total. The molecule has 1 aromatic heterocycles. The average Bonchev–Trinajstić information content (AvgIpc) is 3.00. The third-order valence-corrected chi connectivity index (χ3v) is 8.00. The van der Waals surface area contributed by atoms with Crippen molar-refractivity contribution in [2.75, 3.05) is 5.43 Å². The van der Waals surface area contributed by atoms with E-state index in [0.29, 0.717) is 23.2 Å². The first-order valence-electron chi connectivity index (χ1n) is 11.5. The van der Waals surface area contributed by atoms with Crippen LogP contribution in [0, 0.1) is 30.6 Å². The van der Waals surface area contributed by atoms with E-state index in [1.165, 1.54) is 11.1 Å². The molecule has 0 unspecified atom stereocenters. The molecular formula is C24H26N4O5. The topological polar surface area (TPSA) is 104 Å². The molecule has 172 valence electrons. The molecule has 4 saturated carbocycles. The van der Waals surface area contributed by atoms with Gasteiger partial charge in [0.1, 0.15) is 5.69 Å². The van der Waals surface area contributed by atoms with Crippen molar-refractivity contribution in [2.24, 2.45) is 35.8 Å². The van der Waals surface area contributed by atoms with Gasteiger partial charge in [-0.05, 0) is 63.0 Å². The van der Waals surface area contributed by atoms with E-state index in [1.54, 1.807) is 18.7 Å². The Kier molecular flexibility index (Phi) is 4.34. The van der Waals surface area contributed by atoms with Crippen molar-refractivity contribution in [1.29, 1.82) is 0 Å². The van der Waals surface area contributed by atoms with Crippen LogP contribution < -0.4 is 11.0 Å². The maximum absolute atomic E-state index is 13.0. The van der Waals surface area contributed by atoms with Gasteiger partial charge in [-0.1, -0.05) is 18.2 Å². The highest BCUT2D eigenvalue weighted by molar-refractivity contribution is 6.63. The number of benzene rings is 1. The van der Waals surface area contributed by atoms with Gasteiger partial charge in [0.05, 0.1) is 11.4 Å². The molecule has 33 heavy (non-hydrogen) atoms. The highest BCUT2D eigenvalue weighted by Crippen LogP contribution is 2.60. The first-order chi connectivity index (χ1) is 15.9. The van der Waals surface area contributed by atoms with Crippen molar-refractivity contribution in [2.45, 2.75) is 44.8 Å². The van der Waals surface area contributed by atoms with Gasteiger partial charge in [-0.15, -0.1) is 0 Å². The number of carbonyl (C=O) groups is 2. The molecule has 1 aromatic carbocycles. The van der Waals surface area contributed by atoms with E-state index in [9.17, 15) is 14.4 Å². The van der Waals surface area contributed by atoms with Crippen LogP contribution in [-0.4, -0.2) is 32.8 Å². The monoisotopic (exact) mass is 450 g/mol. The maximum Gasteiger partial charge on any atom is 0.369 e. The van der Waals surface area contributed by atoms with Crippen LogP contribution in [-0.2, 0) is 26.1 Å². The van der Waals surface area contributed by atoms with Crippen LogP contribution in [0.25, 0.3) is 5.69 Å². The zero-order chi connectivity index (χ0) is 22.9. The molecule has 2 aromatic rings. The summed E-state index contributed by atoms with van der Waals surface area (Å²) < 4.78 is 14.8. The third-order valence-electron chi connectivity index (χ3n) is 8.00.